The lowest BCUT2D eigenvalue weighted by Crippen LogP contribution is -2.27. The van der Waals surface area contributed by atoms with Crippen molar-refractivity contribution in [2.24, 2.45) is 17.6 Å². The molecule has 1 aliphatic heterocycles. The number of nitrogens with zero attached hydrogens (tertiary/aromatic N) is 4. The largest absolute Gasteiger partial charge is 0.370 e. The number of anilines is 1. The fourth-order valence-electron chi connectivity index (χ4n) is 4.53. The number of halogens is 2. The molecule has 3 N–H and O–H groups in total. The molecule has 1 saturated heterocycles. The quantitative estimate of drug-likeness (QED) is 0.544. The third-order valence-electron chi connectivity index (χ3n) is 6.70. The Morgan fingerprint density at radius 3 is 2.51 bits per heavy atom. The highest BCUT2D eigenvalue weighted by Gasteiger charge is 2.71. The zero-order valence-corrected chi connectivity index (χ0v) is 18.6. The summed E-state index contributed by atoms with van der Waals surface area (Å²) in [6.07, 6.45) is 3.04. The first kappa shape index (κ1) is 22.5. The van der Waals surface area contributed by atoms with E-state index in [4.69, 9.17) is 5.73 Å². The van der Waals surface area contributed by atoms with Gasteiger partial charge in [-0.3, -0.25) is 14.3 Å². The fraction of sp³-hybridized carbons (Fsp3) is 0.280. The maximum absolute atomic E-state index is 13.5. The van der Waals surface area contributed by atoms with Crippen LogP contribution >= 0.6 is 0 Å². The van der Waals surface area contributed by atoms with Crippen LogP contribution in [0.25, 0.3) is 0 Å². The van der Waals surface area contributed by atoms with Gasteiger partial charge in [0.1, 0.15) is 0 Å². The van der Waals surface area contributed by atoms with E-state index in [1.807, 2.05) is 11.0 Å². The molecular weight excluding hydrogens is 454 g/mol. The number of alkyl halides is 2. The molecule has 2 atom stereocenters. The van der Waals surface area contributed by atoms with Gasteiger partial charge in [0.25, 0.3) is 11.8 Å². The van der Waals surface area contributed by atoms with Crippen LogP contribution in [0.4, 0.5) is 14.5 Å². The monoisotopic (exact) mass is 476 g/mol. The Balaban J connectivity index is 1.20. The van der Waals surface area contributed by atoms with Gasteiger partial charge in [0.2, 0.25) is 5.91 Å². The molecule has 1 saturated carbocycles. The molecule has 2 heterocycles. The second-order valence-corrected chi connectivity index (χ2v) is 8.92. The van der Waals surface area contributed by atoms with Gasteiger partial charge in [0, 0.05) is 37.1 Å². The normalized spacial score (nSPS) is 19.6. The van der Waals surface area contributed by atoms with E-state index in [-0.39, 0.29) is 19.0 Å². The molecule has 10 heteroatoms. The number of piperidine rings is 1. The number of primary amides is 1. The molecule has 2 amide bonds. The number of carbonyl (C=O) groups excluding carboxylic acids is 2. The SMILES string of the molecule is N#Cc1cc(N2CC3C(C2)C3(F)F)ccc1Cn1cc(C(=O)NCc2ccc(C(N)=O)cc2)cn1. The molecule has 5 rings (SSSR count). The van der Waals surface area contributed by atoms with Gasteiger partial charge in [-0.1, -0.05) is 18.2 Å². The lowest BCUT2D eigenvalue weighted by atomic mass is 10.1. The molecular formula is C25H22F2N6O2. The third-order valence-corrected chi connectivity index (χ3v) is 6.70. The smallest absolute Gasteiger partial charge is 0.258 e. The minimum atomic E-state index is -2.55. The van der Waals surface area contributed by atoms with Gasteiger partial charge in [0.15, 0.2) is 0 Å². The van der Waals surface area contributed by atoms with Crippen molar-refractivity contribution < 1.29 is 18.4 Å². The average Bonchev–Trinajstić information content (AvgIpc) is 3.29. The lowest BCUT2D eigenvalue weighted by Gasteiger charge is -2.22. The van der Waals surface area contributed by atoms with Crippen molar-refractivity contribution in [3.63, 3.8) is 0 Å². The van der Waals surface area contributed by atoms with Gasteiger partial charge in [-0.2, -0.15) is 10.4 Å². The van der Waals surface area contributed by atoms with Gasteiger partial charge in [0.05, 0.1) is 41.8 Å². The number of rotatable bonds is 7. The maximum Gasteiger partial charge on any atom is 0.258 e. The highest BCUT2D eigenvalue weighted by Crippen LogP contribution is 2.59. The van der Waals surface area contributed by atoms with Crippen molar-refractivity contribution in [3.05, 3.63) is 82.7 Å². The van der Waals surface area contributed by atoms with Gasteiger partial charge in [-0.15, -0.1) is 0 Å². The summed E-state index contributed by atoms with van der Waals surface area (Å²) in [5.41, 5.74) is 8.72. The Morgan fingerprint density at radius 1 is 1.14 bits per heavy atom. The van der Waals surface area contributed by atoms with E-state index in [1.165, 1.54) is 6.20 Å². The minimum absolute atomic E-state index is 0.271. The van der Waals surface area contributed by atoms with Crippen LogP contribution in [0.2, 0.25) is 0 Å². The van der Waals surface area contributed by atoms with Crippen LogP contribution < -0.4 is 16.0 Å². The van der Waals surface area contributed by atoms with E-state index in [1.54, 1.807) is 47.3 Å². The van der Waals surface area contributed by atoms with Crippen LogP contribution in [0.1, 0.15) is 37.4 Å². The number of carbonyl (C=O) groups is 2. The van der Waals surface area contributed by atoms with Crippen molar-refractivity contribution in [1.82, 2.24) is 15.1 Å². The van der Waals surface area contributed by atoms with Crippen LogP contribution in [0.15, 0.2) is 54.9 Å². The van der Waals surface area contributed by atoms with Gasteiger partial charge in [-0.25, -0.2) is 8.78 Å². The van der Waals surface area contributed by atoms with Crippen LogP contribution in [-0.2, 0) is 13.1 Å². The molecule has 1 aromatic heterocycles. The molecule has 8 nitrogen and oxygen atoms in total. The minimum Gasteiger partial charge on any atom is -0.370 e. The van der Waals surface area contributed by atoms with Crippen molar-refractivity contribution in [1.29, 1.82) is 5.26 Å². The zero-order chi connectivity index (χ0) is 24.7. The van der Waals surface area contributed by atoms with E-state index < -0.39 is 23.7 Å². The van der Waals surface area contributed by atoms with Crippen LogP contribution in [-0.4, -0.2) is 40.6 Å². The van der Waals surface area contributed by atoms with Gasteiger partial charge < -0.3 is 16.0 Å². The molecule has 35 heavy (non-hydrogen) atoms. The molecule has 0 radical (unpaired) electrons. The van der Waals surface area contributed by atoms with Crippen LogP contribution in [0.3, 0.4) is 0 Å². The van der Waals surface area contributed by atoms with E-state index in [0.717, 1.165) is 16.8 Å². The molecule has 2 aliphatic rings. The lowest BCUT2D eigenvalue weighted by molar-refractivity contribution is 0.0797. The molecule has 3 aromatic rings. The number of benzene rings is 2. The number of nitrogens with two attached hydrogens (primary N) is 1. The fourth-order valence-corrected chi connectivity index (χ4v) is 4.53. The molecule has 0 spiro atoms. The van der Waals surface area contributed by atoms with Crippen molar-refractivity contribution in [3.8, 4) is 6.07 Å². The topological polar surface area (TPSA) is 117 Å². The van der Waals surface area contributed by atoms with Gasteiger partial charge in [-0.05, 0) is 35.4 Å². The summed E-state index contributed by atoms with van der Waals surface area (Å²) in [5.74, 6) is -4.55. The Hall–Kier alpha value is -4.26. The first-order chi connectivity index (χ1) is 16.8. The standard InChI is InChI=1S/C25H22F2N6O2/c26-25(27)21-13-32(14-22(21)25)20-6-5-17(18(7-20)8-28)11-33-12-19(10-31-33)24(35)30-9-15-1-3-16(4-2-15)23(29)34/h1-7,10,12,21-22H,9,11,13-14H2,(H2,29,34)(H,30,35). The molecule has 2 aromatic carbocycles. The average molecular weight is 476 g/mol. The number of hydrogen-bond acceptors (Lipinski definition) is 5. The molecule has 178 valence electrons. The highest BCUT2D eigenvalue weighted by molar-refractivity contribution is 5.94. The summed E-state index contributed by atoms with van der Waals surface area (Å²) in [6, 6.07) is 14.2. The molecule has 2 unspecified atom stereocenters. The number of hydrogen-bond donors (Lipinski definition) is 2. The van der Waals surface area contributed by atoms with E-state index in [9.17, 15) is 23.6 Å². The Kier molecular flexibility index (Phi) is 5.47. The van der Waals surface area contributed by atoms with Crippen molar-refractivity contribution in [2.75, 3.05) is 18.0 Å². The second kappa shape index (κ2) is 8.51. The Bertz CT molecular complexity index is 1330. The van der Waals surface area contributed by atoms with Crippen molar-refractivity contribution >= 4 is 17.5 Å². The van der Waals surface area contributed by atoms with Crippen molar-refractivity contribution in [2.45, 2.75) is 19.0 Å². The van der Waals surface area contributed by atoms with Crippen LogP contribution in [0.5, 0.6) is 0 Å². The predicted octanol–water partition coefficient (Wildman–Crippen LogP) is 2.53. The predicted molar refractivity (Wildman–Crippen MR) is 123 cm³/mol. The molecule has 0 bridgehead atoms. The van der Waals surface area contributed by atoms with Crippen LogP contribution in [0, 0.1) is 23.2 Å². The number of nitriles is 1. The Labute approximate surface area is 199 Å². The second-order valence-electron chi connectivity index (χ2n) is 8.92. The summed E-state index contributed by atoms with van der Waals surface area (Å²) >= 11 is 0. The number of nitrogens with one attached hydrogen (secondary N) is 1. The van der Waals surface area contributed by atoms with E-state index in [2.05, 4.69) is 16.5 Å². The highest BCUT2D eigenvalue weighted by atomic mass is 19.3. The van der Waals surface area contributed by atoms with E-state index in [0.29, 0.717) is 29.8 Å². The number of aromatic nitrogens is 2. The summed E-state index contributed by atoms with van der Waals surface area (Å²) in [5, 5.41) is 16.6. The molecule has 1 aliphatic carbocycles. The first-order valence-corrected chi connectivity index (χ1v) is 11.1. The molecule has 2 fully saturated rings. The third kappa shape index (κ3) is 4.33. The van der Waals surface area contributed by atoms with E-state index >= 15 is 0 Å². The maximum atomic E-state index is 13.5. The number of amides is 2. The first-order valence-electron chi connectivity index (χ1n) is 11.1. The summed E-state index contributed by atoms with van der Waals surface area (Å²) in [6.45, 7) is 1.16. The summed E-state index contributed by atoms with van der Waals surface area (Å²) in [7, 11) is 0. The number of fused-ring (bicyclic) bond motifs is 1. The van der Waals surface area contributed by atoms with Gasteiger partial charge >= 0.3 is 0 Å². The Morgan fingerprint density at radius 2 is 1.86 bits per heavy atom. The zero-order valence-electron chi connectivity index (χ0n) is 18.6. The summed E-state index contributed by atoms with van der Waals surface area (Å²) in [4.78, 5) is 25.5. The summed E-state index contributed by atoms with van der Waals surface area (Å²) < 4.78 is 28.5.